The second kappa shape index (κ2) is 9.53. The minimum absolute atomic E-state index is 0.206. The number of likely N-dealkylation sites (N-methyl/N-ethyl adjacent to an activating group) is 1. The van der Waals surface area contributed by atoms with Gasteiger partial charge in [-0.05, 0) is 52.7 Å². The number of nitrogens with zero attached hydrogens (tertiary/aromatic N) is 2. The lowest BCUT2D eigenvalue weighted by atomic mass is 10.1. The molecule has 0 fully saturated rings. The van der Waals surface area contributed by atoms with Gasteiger partial charge in [-0.25, -0.2) is 8.42 Å². The van der Waals surface area contributed by atoms with E-state index in [1.54, 1.807) is 19.2 Å². The van der Waals surface area contributed by atoms with Crippen molar-refractivity contribution in [1.29, 1.82) is 0 Å². The van der Waals surface area contributed by atoms with Gasteiger partial charge in [-0.1, -0.05) is 60.1 Å². The van der Waals surface area contributed by atoms with Crippen molar-refractivity contribution in [2.75, 3.05) is 18.5 Å². The number of halogens is 2. The summed E-state index contributed by atoms with van der Waals surface area (Å²) in [5.41, 5.74) is 2.48. The van der Waals surface area contributed by atoms with Crippen LogP contribution in [0.25, 0.3) is 0 Å². The van der Waals surface area contributed by atoms with E-state index in [0.29, 0.717) is 28.3 Å². The van der Waals surface area contributed by atoms with E-state index in [9.17, 15) is 8.42 Å². The monoisotopic (exact) mass is 534 g/mol. The first kappa shape index (κ1) is 23.3. The van der Waals surface area contributed by atoms with Crippen molar-refractivity contribution < 1.29 is 13.2 Å². The van der Waals surface area contributed by atoms with Crippen molar-refractivity contribution in [3.63, 3.8) is 0 Å². The Hall–Kier alpha value is -1.90. The number of para-hydroxylation sites is 1. The second-order valence-corrected chi connectivity index (χ2v) is 11.0. The van der Waals surface area contributed by atoms with E-state index in [1.807, 2.05) is 72.5 Å². The number of rotatable bonds is 5. The van der Waals surface area contributed by atoms with Crippen molar-refractivity contribution in [2.24, 2.45) is 0 Å². The molecular weight excluding hydrogens is 512 g/mol. The molecule has 5 nitrogen and oxygen atoms in total. The molecule has 4 rings (SSSR count). The van der Waals surface area contributed by atoms with Crippen LogP contribution in [0.3, 0.4) is 0 Å². The van der Waals surface area contributed by atoms with Gasteiger partial charge >= 0.3 is 0 Å². The van der Waals surface area contributed by atoms with E-state index in [-0.39, 0.29) is 11.0 Å². The summed E-state index contributed by atoms with van der Waals surface area (Å²) in [6.45, 7) is 2.74. The fraction of sp³-hybridized carbons (Fsp3) is 0.250. The van der Waals surface area contributed by atoms with E-state index in [4.69, 9.17) is 16.3 Å². The third-order valence-electron chi connectivity index (χ3n) is 5.75. The summed E-state index contributed by atoms with van der Waals surface area (Å²) in [4.78, 5) is 2.21. The average molecular weight is 536 g/mol. The predicted molar refractivity (Wildman–Crippen MR) is 132 cm³/mol. The summed E-state index contributed by atoms with van der Waals surface area (Å²) in [6.07, 6.45) is -0.352. The highest BCUT2D eigenvalue weighted by Gasteiger charge is 2.40. The Labute approximate surface area is 202 Å². The van der Waals surface area contributed by atoms with Crippen molar-refractivity contribution in [1.82, 2.24) is 4.31 Å². The maximum Gasteiger partial charge on any atom is 0.245 e. The van der Waals surface area contributed by atoms with Crippen LogP contribution in [0.5, 0.6) is 0 Å². The number of hydrogen-bond donors (Lipinski definition) is 0. The first-order valence-corrected chi connectivity index (χ1v) is 12.9. The zero-order chi connectivity index (χ0) is 22.9. The van der Waals surface area contributed by atoms with E-state index in [0.717, 1.165) is 11.3 Å². The van der Waals surface area contributed by atoms with Gasteiger partial charge in [-0.3, -0.25) is 0 Å². The molecule has 2 atom stereocenters. The molecule has 0 aliphatic carbocycles. The van der Waals surface area contributed by atoms with E-state index in [1.165, 1.54) is 4.31 Å². The number of sulfonamides is 1. The molecular formula is C24H24BrClN2O3S. The van der Waals surface area contributed by atoms with Crippen LogP contribution in [0.1, 0.15) is 12.5 Å². The molecule has 3 aromatic carbocycles. The van der Waals surface area contributed by atoms with Crippen LogP contribution in [0, 0.1) is 0 Å². The van der Waals surface area contributed by atoms with Gasteiger partial charge in [0.2, 0.25) is 10.0 Å². The van der Waals surface area contributed by atoms with Gasteiger partial charge in [0.05, 0.1) is 29.5 Å². The van der Waals surface area contributed by atoms with Gasteiger partial charge in [0, 0.05) is 23.8 Å². The molecule has 0 bridgehead atoms. The third-order valence-corrected chi connectivity index (χ3v) is 8.86. The molecule has 0 amide bonds. The Morgan fingerprint density at radius 2 is 1.72 bits per heavy atom. The minimum atomic E-state index is -3.79. The van der Waals surface area contributed by atoms with Gasteiger partial charge in [0.15, 0.2) is 0 Å². The topological polar surface area (TPSA) is 49.9 Å². The number of hydrogen-bond acceptors (Lipinski definition) is 4. The first-order chi connectivity index (χ1) is 15.3. The average Bonchev–Trinajstić information content (AvgIpc) is 2.88. The van der Waals surface area contributed by atoms with Gasteiger partial charge < -0.3 is 9.64 Å². The second-order valence-electron chi connectivity index (χ2n) is 7.77. The molecule has 32 heavy (non-hydrogen) atoms. The maximum absolute atomic E-state index is 13.6. The Morgan fingerprint density at radius 3 is 2.38 bits per heavy atom. The fourth-order valence-corrected chi connectivity index (χ4v) is 6.14. The molecule has 8 heteroatoms. The lowest BCUT2D eigenvalue weighted by Gasteiger charge is -2.33. The van der Waals surface area contributed by atoms with E-state index in [2.05, 4.69) is 15.9 Å². The van der Waals surface area contributed by atoms with Crippen LogP contribution >= 0.6 is 27.5 Å². The van der Waals surface area contributed by atoms with Crippen molar-refractivity contribution in [3.8, 4) is 0 Å². The Kier molecular flexibility index (Phi) is 6.93. The minimum Gasteiger partial charge on any atom is -0.372 e. The zero-order valence-corrected chi connectivity index (χ0v) is 20.9. The molecule has 0 radical (unpaired) electrons. The van der Waals surface area contributed by atoms with Crippen molar-refractivity contribution in [2.45, 2.75) is 30.6 Å². The van der Waals surface area contributed by atoms with Crippen LogP contribution in [0.4, 0.5) is 11.4 Å². The molecule has 0 aromatic heterocycles. The number of ether oxygens (including phenoxy) is 1. The lowest BCUT2D eigenvalue weighted by Crippen LogP contribution is -2.48. The highest BCUT2D eigenvalue weighted by atomic mass is 79.9. The van der Waals surface area contributed by atoms with Crippen molar-refractivity contribution >= 4 is 48.9 Å². The van der Waals surface area contributed by atoms with Crippen molar-refractivity contribution in [3.05, 3.63) is 87.9 Å². The van der Waals surface area contributed by atoms with Gasteiger partial charge in [0.25, 0.3) is 0 Å². The molecule has 168 valence electrons. The summed E-state index contributed by atoms with van der Waals surface area (Å²) in [7, 11) is -2.18. The summed E-state index contributed by atoms with van der Waals surface area (Å²) < 4.78 is 35.4. The first-order valence-electron chi connectivity index (χ1n) is 10.2. The summed E-state index contributed by atoms with van der Waals surface area (Å²) >= 11 is 9.78. The molecule has 0 saturated carbocycles. The van der Waals surface area contributed by atoms with Crippen LogP contribution < -0.4 is 4.90 Å². The van der Waals surface area contributed by atoms with Gasteiger partial charge in [-0.15, -0.1) is 0 Å². The lowest BCUT2D eigenvalue weighted by molar-refractivity contribution is 0.0147. The molecule has 3 aromatic rings. The number of fused-ring (bicyclic) bond motifs is 1. The molecule has 0 N–H and O–H groups in total. The van der Waals surface area contributed by atoms with Crippen LogP contribution in [-0.4, -0.2) is 38.5 Å². The Morgan fingerprint density at radius 1 is 1.09 bits per heavy atom. The van der Waals surface area contributed by atoms with E-state index >= 15 is 0 Å². The molecule has 1 aliphatic rings. The molecule has 1 heterocycles. The predicted octanol–water partition coefficient (Wildman–Crippen LogP) is 5.85. The SMILES string of the molecule is CC(OCc1ccccc1)[C@@H]1CN(c2ccccc2)c2cc(Cl)c(Br)cc2S(=O)(=O)N1C. The zero-order valence-electron chi connectivity index (χ0n) is 17.8. The maximum atomic E-state index is 13.6. The molecule has 1 aliphatic heterocycles. The number of benzene rings is 3. The quantitative estimate of drug-likeness (QED) is 0.411. The standard InChI is InChI=1S/C24H24BrClN2O3S/c1-17(31-16-18-9-5-3-6-10-18)23-15-28(19-11-7-4-8-12-19)22-14-21(26)20(25)13-24(22)32(29,30)27(23)2/h3-14,17,23H,15-16H2,1-2H3/t17?,23-/m0/s1. The van der Waals surface area contributed by atoms with Crippen LogP contribution in [-0.2, 0) is 21.4 Å². The summed E-state index contributed by atoms with van der Waals surface area (Å²) in [5.74, 6) is 0. The molecule has 0 saturated heterocycles. The molecule has 1 unspecified atom stereocenters. The highest BCUT2D eigenvalue weighted by Crippen LogP contribution is 2.41. The van der Waals surface area contributed by atoms with Crippen LogP contribution in [0.2, 0.25) is 5.02 Å². The Balaban J connectivity index is 1.75. The smallest absolute Gasteiger partial charge is 0.245 e. The summed E-state index contributed by atoms with van der Waals surface area (Å²) in [6, 6.07) is 22.4. The van der Waals surface area contributed by atoms with Crippen LogP contribution in [0.15, 0.2) is 82.2 Å². The van der Waals surface area contributed by atoms with E-state index < -0.39 is 16.1 Å². The fourth-order valence-electron chi connectivity index (χ4n) is 3.88. The summed E-state index contributed by atoms with van der Waals surface area (Å²) in [5, 5.41) is 0.453. The largest absolute Gasteiger partial charge is 0.372 e. The third kappa shape index (κ3) is 4.58. The van der Waals surface area contributed by atoms with Gasteiger partial charge in [0.1, 0.15) is 4.90 Å². The molecule has 0 spiro atoms. The highest BCUT2D eigenvalue weighted by molar-refractivity contribution is 9.10. The van der Waals surface area contributed by atoms with Gasteiger partial charge in [-0.2, -0.15) is 4.31 Å². The Bertz CT molecular complexity index is 1190. The normalized spacial score (nSPS) is 19.2. The number of anilines is 2.